The number of nitrogens with one attached hydrogen (secondary N) is 2. The molecular formula is C18H22N2O3S. The Morgan fingerprint density at radius 2 is 1.96 bits per heavy atom. The fourth-order valence-electron chi connectivity index (χ4n) is 3.24. The fourth-order valence-corrected chi connectivity index (χ4v) is 3.54. The second kappa shape index (κ2) is 7.13. The Balaban J connectivity index is 1.75. The van der Waals surface area contributed by atoms with E-state index in [0.717, 1.165) is 42.9 Å². The Hall–Kier alpha value is -2.21. The van der Waals surface area contributed by atoms with Crippen LogP contribution in [-0.2, 0) is 5.54 Å². The van der Waals surface area contributed by atoms with E-state index in [1.54, 1.807) is 20.5 Å². The molecule has 1 aromatic heterocycles. The maximum absolute atomic E-state index is 5.66. The highest BCUT2D eigenvalue weighted by Crippen LogP contribution is 2.39. The number of ether oxygens (including phenoxy) is 2. The lowest BCUT2D eigenvalue weighted by atomic mass is 9.94. The molecule has 6 heteroatoms. The predicted molar refractivity (Wildman–Crippen MR) is 97.8 cm³/mol. The van der Waals surface area contributed by atoms with Crippen molar-refractivity contribution in [2.75, 3.05) is 19.5 Å². The van der Waals surface area contributed by atoms with Crippen LogP contribution in [0.5, 0.6) is 11.5 Å². The highest BCUT2D eigenvalue weighted by Gasteiger charge is 2.38. The summed E-state index contributed by atoms with van der Waals surface area (Å²) in [5, 5.41) is 7.24. The summed E-state index contributed by atoms with van der Waals surface area (Å²) in [6.45, 7) is 0. The van der Waals surface area contributed by atoms with Gasteiger partial charge in [-0.1, -0.05) is 12.8 Å². The Morgan fingerprint density at radius 1 is 1.17 bits per heavy atom. The van der Waals surface area contributed by atoms with Gasteiger partial charge < -0.3 is 24.5 Å². The van der Waals surface area contributed by atoms with Gasteiger partial charge in [-0.3, -0.25) is 0 Å². The van der Waals surface area contributed by atoms with Crippen molar-refractivity contribution in [1.29, 1.82) is 0 Å². The first-order valence-corrected chi connectivity index (χ1v) is 8.43. The van der Waals surface area contributed by atoms with E-state index < -0.39 is 0 Å². The van der Waals surface area contributed by atoms with Gasteiger partial charge in [0.05, 0.1) is 31.7 Å². The number of benzene rings is 1. The van der Waals surface area contributed by atoms with Gasteiger partial charge in [-0.2, -0.15) is 0 Å². The van der Waals surface area contributed by atoms with E-state index >= 15 is 0 Å². The number of methoxy groups -OCH3 is 2. The van der Waals surface area contributed by atoms with Crippen molar-refractivity contribution in [3.63, 3.8) is 0 Å². The van der Waals surface area contributed by atoms with Crippen molar-refractivity contribution < 1.29 is 13.9 Å². The highest BCUT2D eigenvalue weighted by molar-refractivity contribution is 7.80. The largest absolute Gasteiger partial charge is 0.497 e. The molecule has 2 N–H and O–H groups in total. The molecule has 0 unspecified atom stereocenters. The lowest BCUT2D eigenvalue weighted by Crippen LogP contribution is -2.45. The molecule has 0 radical (unpaired) electrons. The van der Waals surface area contributed by atoms with Crippen LogP contribution >= 0.6 is 12.2 Å². The molecule has 0 amide bonds. The third-order valence-corrected chi connectivity index (χ3v) is 4.66. The third kappa shape index (κ3) is 3.33. The van der Waals surface area contributed by atoms with Gasteiger partial charge in [0.2, 0.25) is 0 Å². The van der Waals surface area contributed by atoms with Gasteiger partial charge >= 0.3 is 0 Å². The summed E-state index contributed by atoms with van der Waals surface area (Å²) in [5.41, 5.74) is 0.566. The first-order chi connectivity index (χ1) is 11.7. The maximum Gasteiger partial charge on any atom is 0.171 e. The van der Waals surface area contributed by atoms with Crippen molar-refractivity contribution in [2.24, 2.45) is 0 Å². The van der Waals surface area contributed by atoms with Crippen LogP contribution in [0, 0.1) is 0 Å². The van der Waals surface area contributed by atoms with Crippen LogP contribution < -0.4 is 20.1 Å². The first-order valence-electron chi connectivity index (χ1n) is 8.02. The molecule has 2 aromatic rings. The van der Waals surface area contributed by atoms with Crippen molar-refractivity contribution in [3.05, 3.63) is 42.4 Å². The van der Waals surface area contributed by atoms with Crippen molar-refractivity contribution in [1.82, 2.24) is 5.32 Å². The Kier molecular flexibility index (Phi) is 4.94. The average Bonchev–Trinajstić information content (AvgIpc) is 3.27. The van der Waals surface area contributed by atoms with Crippen molar-refractivity contribution >= 4 is 23.0 Å². The quantitative estimate of drug-likeness (QED) is 0.797. The van der Waals surface area contributed by atoms with Crippen LogP contribution in [0.1, 0.15) is 31.4 Å². The molecule has 24 heavy (non-hydrogen) atoms. The smallest absolute Gasteiger partial charge is 0.171 e. The monoisotopic (exact) mass is 346 g/mol. The van der Waals surface area contributed by atoms with Crippen LogP contribution in [0.2, 0.25) is 0 Å². The first kappa shape index (κ1) is 16.6. The molecule has 0 spiro atoms. The zero-order valence-corrected chi connectivity index (χ0v) is 14.7. The van der Waals surface area contributed by atoms with E-state index in [1.165, 1.54) is 0 Å². The molecule has 0 atom stereocenters. The maximum atomic E-state index is 5.66. The van der Waals surface area contributed by atoms with Gasteiger partial charge in [-0.15, -0.1) is 0 Å². The van der Waals surface area contributed by atoms with Crippen molar-refractivity contribution in [2.45, 2.75) is 31.2 Å². The zero-order valence-electron chi connectivity index (χ0n) is 13.9. The minimum absolute atomic E-state index is 0.229. The van der Waals surface area contributed by atoms with E-state index in [4.69, 9.17) is 26.1 Å². The standard InChI is InChI=1S/C18H22N2O3S/c1-21-13-7-8-14(15(12-13)22-2)19-17(24)20-18(9-3-4-10-18)16-6-5-11-23-16/h5-8,11-12H,3-4,9-10H2,1-2H3,(H2,19,20,24). The number of furan rings is 1. The Bertz CT molecular complexity index is 694. The van der Waals surface area contributed by atoms with Crippen LogP contribution in [0.15, 0.2) is 41.0 Å². The second-order valence-electron chi connectivity index (χ2n) is 5.91. The summed E-state index contributed by atoms with van der Waals surface area (Å²) in [6, 6.07) is 9.50. The molecule has 1 fully saturated rings. The van der Waals surface area contributed by atoms with Gasteiger partial charge in [0.1, 0.15) is 17.3 Å². The van der Waals surface area contributed by atoms with Gasteiger partial charge in [-0.25, -0.2) is 0 Å². The van der Waals surface area contributed by atoms with Crippen molar-refractivity contribution in [3.8, 4) is 11.5 Å². The molecule has 1 aromatic carbocycles. The summed E-state index contributed by atoms with van der Waals surface area (Å²) in [6.07, 6.45) is 6.02. The molecule has 1 saturated carbocycles. The summed E-state index contributed by atoms with van der Waals surface area (Å²) >= 11 is 5.54. The molecule has 1 heterocycles. The van der Waals surface area contributed by atoms with E-state index in [2.05, 4.69) is 10.6 Å². The molecule has 1 aliphatic carbocycles. The molecule has 5 nitrogen and oxygen atoms in total. The number of anilines is 1. The molecule has 0 saturated heterocycles. The third-order valence-electron chi connectivity index (χ3n) is 4.46. The second-order valence-corrected chi connectivity index (χ2v) is 6.32. The lowest BCUT2D eigenvalue weighted by Gasteiger charge is -2.30. The topological polar surface area (TPSA) is 55.7 Å². The van der Waals surface area contributed by atoms with Gasteiger partial charge in [0.15, 0.2) is 5.11 Å². The fraction of sp³-hybridized carbons (Fsp3) is 0.389. The molecule has 0 bridgehead atoms. The normalized spacial score (nSPS) is 15.8. The van der Waals surface area contributed by atoms with E-state index in [0.29, 0.717) is 10.9 Å². The average molecular weight is 346 g/mol. The number of hydrogen-bond donors (Lipinski definition) is 2. The van der Waals surface area contributed by atoms with E-state index in [9.17, 15) is 0 Å². The van der Waals surface area contributed by atoms with Gasteiger partial charge in [0, 0.05) is 6.07 Å². The summed E-state index contributed by atoms with van der Waals surface area (Å²) < 4.78 is 16.3. The van der Waals surface area contributed by atoms with Crippen LogP contribution in [0.4, 0.5) is 5.69 Å². The summed E-state index contributed by atoms with van der Waals surface area (Å²) in [7, 11) is 3.25. The SMILES string of the molecule is COc1ccc(NC(=S)NC2(c3ccco3)CCCC2)c(OC)c1. The zero-order chi connectivity index (χ0) is 17.0. The van der Waals surface area contributed by atoms with Gasteiger partial charge in [0.25, 0.3) is 0 Å². The minimum Gasteiger partial charge on any atom is -0.497 e. The molecular weight excluding hydrogens is 324 g/mol. The Labute approximate surface area is 147 Å². The molecule has 3 rings (SSSR count). The van der Waals surface area contributed by atoms with Crippen LogP contribution in [-0.4, -0.2) is 19.3 Å². The minimum atomic E-state index is -0.229. The van der Waals surface area contributed by atoms with Crippen LogP contribution in [0.25, 0.3) is 0 Å². The number of thiocarbonyl (C=S) groups is 1. The molecule has 0 aliphatic heterocycles. The predicted octanol–water partition coefficient (Wildman–Crippen LogP) is 4.05. The molecule has 1 aliphatic rings. The number of rotatable bonds is 5. The summed E-state index contributed by atoms with van der Waals surface area (Å²) in [4.78, 5) is 0. The molecule has 128 valence electrons. The van der Waals surface area contributed by atoms with E-state index in [-0.39, 0.29) is 5.54 Å². The van der Waals surface area contributed by atoms with Crippen LogP contribution in [0.3, 0.4) is 0 Å². The van der Waals surface area contributed by atoms with E-state index in [1.807, 2.05) is 30.3 Å². The number of hydrogen-bond acceptors (Lipinski definition) is 4. The highest BCUT2D eigenvalue weighted by atomic mass is 32.1. The van der Waals surface area contributed by atoms with Gasteiger partial charge in [-0.05, 0) is 49.3 Å². The summed E-state index contributed by atoms with van der Waals surface area (Å²) in [5.74, 6) is 2.35. The lowest BCUT2D eigenvalue weighted by molar-refractivity contribution is 0.317. The Morgan fingerprint density at radius 3 is 2.58 bits per heavy atom.